The topological polar surface area (TPSA) is 12.0 Å². The second kappa shape index (κ2) is 5.25. The van der Waals surface area contributed by atoms with Crippen molar-refractivity contribution >= 4 is 11.3 Å². The lowest BCUT2D eigenvalue weighted by Crippen LogP contribution is -2.17. The highest BCUT2D eigenvalue weighted by atomic mass is 32.1. The number of hydrogen-bond acceptors (Lipinski definition) is 2. The fourth-order valence-corrected chi connectivity index (χ4v) is 2.83. The van der Waals surface area contributed by atoms with Crippen molar-refractivity contribution in [2.24, 2.45) is 0 Å². The number of thiophene rings is 1. The molecule has 1 aromatic heterocycles. The molecule has 2 heteroatoms. The Hall–Kier alpha value is -1.12. The molecule has 0 aliphatic heterocycles. The fraction of sp³-hybridized carbons (Fsp3) is 0.375. The molecule has 0 aliphatic carbocycles. The number of hydrogen-bond donors (Lipinski definition) is 1. The minimum atomic E-state index is 0.218. The van der Waals surface area contributed by atoms with Crippen LogP contribution in [0.3, 0.4) is 0 Å². The lowest BCUT2D eigenvalue weighted by atomic mass is 9.86. The zero-order chi connectivity index (χ0) is 13.2. The molecule has 1 atom stereocenters. The molecule has 1 aromatic carbocycles. The molecular formula is C16H21NS. The molecule has 2 rings (SSSR count). The van der Waals surface area contributed by atoms with Gasteiger partial charge in [0.25, 0.3) is 0 Å². The third kappa shape index (κ3) is 2.82. The summed E-state index contributed by atoms with van der Waals surface area (Å²) in [6.07, 6.45) is 0. The monoisotopic (exact) mass is 259 g/mol. The third-order valence-electron chi connectivity index (χ3n) is 3.28. The van der Waals surface area contributed by atoms with E-state index in [2.05, 4.69) is 67.2 Å². The van der Waals surface area contributed by atoms with Crippen LogP contribution in [0.15, 0.2) is 41.1 Å². The zero-order valence-corrected chi connectivity index (χ0v) is 12.3. The van der Waals surface area contributed by atoms with Crippen LogP contribution in [-0.2, 0) is 5.41 Å². The van der Waals surface area contributed by atoms with Crippen molar-refractivity contribution < 1.29 is 0 Å². The molecule has 96 valence electrons. The maximum Gasteiger partial charge on any atom is 0.0582 e. The Morgan fingerprint density at radius 2 is 1.67 bits per heavy atom. The molecule has 18 heavy (non-hydrogen) atoms. The zero-order valence-electron chi connectivity index (χ0n) is 11.5. The molecule has 2 aromatic rings. The van der Waals surface area contributed by atoms with Crippen LogP contribution in [0.2, 0.25) is 0 Å². The molecule has 0 amide bonds. The Balaban J connectivity index is 2.28. The van der Waals surface area contributed by atoms with Crippen LogP contribution < -0.4 is 5.32 Å². The molecule has 1 unspecified atom stereocenters. The molecule has 0 saturated heterocycles. The van der Waals surface area contributed by atoms with Crippen LogP contribution in [0.4, 0.5) is 0 Å². The smallest absolute Gasteiger partial charge is 0.0582 e. The fourth-order valence-electron chi connectivity index (χ4n) is 2.14. The SMILES string of the molecule is CNC(c1ccc(C(C)(C)C)cc1)c1ccsc1. The van der Waals surface area contributed by atoms with Crippen molar-refractivity contribution in [2.45, 2.75) is 32.2 Å². The Morgan fingerprint density at radius 1 is 1.00 bits per heavy atom. The highest BCUT2D eigenvalue weighted by Gasteiger charge is 2.16. The van der Waals surface area contributed by atoms with E-state index in [-0.39, 0.29) is 5.41 Å². The Labute approximate surface area is 114 Å². The van der Waals surface area contributed by atoms with Crippen molar-refractivity contribution in [3.05, 3.63) is 57.8 Å². The van der Waals surface area contributed by atoms with E-state index < -0.39 is 0 Å². The Bertz CT molecular complexity index is 477. The standard InChI is InChI=1S/C16H21NS/c1-16(2,3)14-7-5-12(6-8-14)15(17-4)13-9-10-18-11-13/h5-11,15,17H,1-4H3. The van der Waals surface area contributed by atoms with Gasteiger partial charge >= 0.3 is 0 Å². The summed E-state index contributed by atoms with van der Waals surface area (Å²) in [4.78, 5) is 0. The maximum atomic E-state index is 3.39. The van der Waals surface area contributed by atoms with Gasteiger partial charge in [-0.1, -0.05) is 45.0 Å². The minimum absolute atomic E-state index is 0.218. The van der Waals surface area contributed by atoms with Gasteiger partial charge in [-0.15, -0.1) is 0 Å². The third-order valence-corrected chi connectivity index (χ3v) is 3.98. The first-order valence-electron chi connectivity index (χ1n) is 6.32. The highest BCUT2D eigenvalue weighted by molar-refractivity contribution is 7.08. The van der Waals surface area contributed by atoms with Crippen LogP contribution in [0, 0.1) is 0 Å². The van der Waals surface area contributed by atoms with Gasteiger partial charge in [-0.25, -0.2) is 0 Å². The summed E-state index contributed by atoms with van der Waals surface area (Å²) >= 11 is 1.75. The van der Waals surface area contributed by atoms with Crippen molar-refractivity contribution in [3.8, 4) is 0 Å². The number of nitrogens with one attached hydrogen (secondary N) is 1. The first-order valence-corrected chi connectivity index (χ1v) is 7.26. The lowest BCUT2D eigenvalue weighted by Gasteiger charge is -2.21. The number of benzene rings is 1. The largest absolute Gasteiger partial charge is 0.309 e. The summed E-state index contributed by atoms with van der Waals surface area (Å²) in [6.45, 7) is 6.74. The molecule has 0 spiro atoms. The van der Waals surface area contributed by atoms with E-state index in [0.717, 1.165) is 0 Å². The lowest BCUT2D eigenvalue weighted by molar-refractivity contribution is 0.589. The van der Waals surface area contributed by atoms with Crippen LogP contribution in [0.25, 0.3) is 0 Å². The van der Waals surface area contributed by atoms with Crippen LogP contribution >= 0.6 is 11.3 Å². The van der Waals surface area contributed by atoms with Gasteiger partial charge in [0, 0.05) is 0 Å². The van der Waals surface area contributed by atoms with Gasteiger partial charge in [0.15, 0.2) is 0 Å². The molecular weight excluding hydrogens is 238 g/mol. The average Bonchev–Trinajstić information content (AvgIpc) is 2.83. The highest BCUT2D eigenvalue weighted by Crippen LogP contribution is 2.27. The van der Waals surface area contributed by atoms with Gasteiger partial charge in [0.05, 0.1) is 6.04 Å². The van der Waals surface area contributed by atoms with E-state index >= 15 is 0 Å². The summed E-state index contributed by atoms with van der Waals surface area (Å²) < 4.78 is 0. The first-order chi connectivity index (χ1) is 8.52. The summed E-state index contributed by atoms with van der Waals surface area (Å²) in [7, 11) is 2.01. The Morgan fingerprint density at radius 3 is 2.11 bits per heavy atom. The predicted molar refractivity (Wildman–Crippen MR) is 80.4 cm³/mol. The molecule has 0 bridgehead atoms. The van der Waals surface area contributed by atoms with E-state index in [1.165, 1.54) is 16.7 Å². The van der Waals surface area contributed by atoms with E-state index in [1.54, 1.807) is 11.3 Å². The predicted octanol–water partition coefficient (Wildman–Crippen LogP) is 4.35. The van der Waals surface area contributed by atoms with Crippen molar-refractivity contribution in [2.75, 3.05) is 7.05 Å². The molecule has 1 N–H and O–H groups in total. The molecule has 0 radical (unpaired) electrons. The Kier molecular flexibility index (Phi) is 3.88. The average molecular weight is 259 g/mol. The minimum Gasteiger partial charge on any atom is -0.309 e. The van der Waals surface area contributed by atoms with E-state index in [9.17, 15) is 0 Å². The van der Waals surface area contributed by atoms with Gasteiger partial charge in [-0.3, -0.25) is 0 Å². The normalized spacial score (nSPS) is 13.6. The van der Waals surface area contributed by atoms with Gasteiger partial charge < -0.3 is 5.32 Å². The summed E-state index contributed by atoms with van der Waals surface area (Å²) in [6, 6.07) is 11.4. The van der Waals surface area contributed by atoms with Crippen LogP contribution in [0.1, 0.15) is 43.5 Å². The van der Waals surface area contributed by atoms with Crippen molar-refractivity contribution in [1.82, 2.24) is 5.32 Å². The molecule has 0 fully saturated rings. The quantitative estimate of drug-likeness (QED) is 0.864. The van der Waals surface area contributed by atoms with Gasteiger partial charge in [0.1, 0.15) is 0 Å². The summed E-state index contributed by atoms with van der Waals surface area (Å²) in [5, 5.41) is 7.72. The molecule has 0 saturated carbocycles. The van der Waals surface area contributed by atoms with E-state index in [0.29, 0.717) is 6.04 Å². The molecule has 1 heterocycles. The van der Waals surface area contributed by atoms with Crippen molar-refractivity contribution in [1.29, 1.82) is 0 Å². The summed E-state index contributed by atoms with van der Waals surface area (Å²) in [5.74, 6) is 0. The molecule has 0 aliphatic rings. The van der Waals surface area contributed by atoms with Gasteiger partial charge in [-0.05, 0) is 46.0 Å². The van der Waals surface area contributed by atoms with E-state index in [4.69, 9.17) is 0 Å². The summed E-state index contributed by atoms with van der Waals surface area (Å²) in [5.41, 5.74) is 4.26. The van der Waals surface area contributed by atoms with Crippen molar-refractivity contribution in [3.63, 3.8) is 0 Å². The van der Waals surface area contributed by atoms with Crippen LogP contribution in [0.5, 0.6) is 0 Å². The van der Waals surface area contributed by atoms with Gasteiger partial charge in [0.2, 0.25) is 0 Å². The van der Waals surface area contributed by atoms with Crippen LogP contribution in [-0.4, -0.2) is 7.05 Å². The number of rotatable bonds is 3. The first kappa shape index (κ1) is 13.3. The van der Waals surface area contributed by atoms with Gasteiger partial charge in [-0.2, -0.15) is 11.3 Å². The van der Waals surface area contributed by atoms with E-state index in [1.807, 2.05) is 7.05 Å². The second-order valence-corrected chi connectivity index (χ2v) is 6.43. The molecule has 1 nitrogen and oxygen atoms in total. The second-order valence-electron chi connectivity index (χ2n) is 5.65. The maximum absolute atomic E-state index is 3.39.